The fourth-order valence-corrected chi connectivity index (χ4v) is 6.00. The van der Waals surface area contributed by atoms with Crippen LogP contribution >= 0.6 is 31.9 Å². The first-order valence-electron chi connectivity index (χ1n) is 17.3. The molecule has 3 aromatic rings. The van der Waals surface area contributed by atoms with Crippen LogP contribution in [-0.4, -0.2) is 91.6 Å². The van der Waals surface area contributed by atoms with Crippen LogP contribution < -0.4 is 11.5 Å². The lowest BCUT2D eigenvalue weighted by atomic mass is 10.1. The molecule has 0 unspecified atom stereocenters. The van der Waals surface area contributed by atoms with Crippen molar-refractivity contribution in [3.05, 3.63) is 75.1 Å². The van der Waals surface area contributed by atoms with Gasteiger partial charge in [0.2, 0.25) is 5.91 Å². The standard InChI is InChI=1S/C18H22BrN3O2.C18H23BrN2O4.C2H4O2.H3N/c1-18(2,3)24-17(23)22-10-4-5-15(22)16-20-11-14(21-16)12-6-8-13(19)9-7-12;1-18(2,3)25-17(24)21-10-4-5-14(21)16(23)20-11-15(22)12-6-8-13(19)9-7-12;1-2(3)4;/h6-9,11,15H,4-5,10H2,1-3H3,(H,20,21);6-9,14H,4-5,10-11H2,1-3H3,(H,20,23);1H3,(H,3,4);1H3/t15-;14-;;/m00../s1. The maximum atomic E-state index is 12.4. The van der Waals surface area contributed by atoms with E-state index in [2.05, 4.69) is 47.1 Å². The summed E-state index contributed by atoms with van der Waals surface area (Å²) in [4.78, 5) is 69.3. The van der Waals surface area contributed by atoms with Crippen molar-refractivity contribution in [3.63, 3.8) is 0 Å². The number of H-pyrrole nitrogens is 1. The van der Waals surface area contributed by atoms with Gasteiger partial charge in [-0.15, -0.1) is 0 Å². The molecule has 0 aliphatic carbocycles. The highest BCUT2D eigenvalue weighted by Gasteiger charge is 2.37. The number of carboxylic acid groups (broad SMARTS) is 1. The van der Waals surface area contributed by atoms with Crippen molar-refractivity contribution in [1.82, 2.24) is 31.2 Å². The zero-order chi connectivity index (χ0) is 39.5. The Morgan fingerprint density at radius 3 is 1.85 bits per heavy atom. The minimum atomic E-state index is -0.833. The fourth-order valence-electron chi connectivity index (χ4n) is 5.47. The van der Waals surface area contributed by atoms with Gasteiger partial charge in [0.05, 0.1) is 24.5 Å². The Bertz CT molecular complexity index is 1710. The van der Waals surface area contributed by atoms with Gasteiger partial charge in [-0.1, -0.05) is 56.1 Å². The third-order valence-corrected chi connectivity index (χ3v) is 8.78. The largest absolute Gasteiger partial charge is 0.481 e. The van der Waals surface area contributed by atoms with Crippen LogP contribution in [-0.2, 0) is 19.1 Å². The summed E-state index contributed by atoms with van der Waals surface area (Å²) in [5.74, 6) is -0.521. The van der Waals surface area contributed by atoms with Gasteiger partial charge in [-0.05, 0) is 97.1 Å². The molecule has 0 bridgehead atoms. The van der Waals surface area contributed by atoms with Gasteiger partial charge in [-0.3, -0.25) is 24.2 Å². The smallest absolute Gasteiger partial charge is 0.410 e. The minimum Gasteiger partial charge on any atom is -0.481 e. The number of hydrogen-bond donors (Lipinski definition) is 4. The lowest BCUT2D eigenvalue weighted by Gasteiger charge is -2.28. The number of ketones is 1. The predicted octanol–water partition coefficient (Wildman–Crippen LogP) is 8.31. The number of nitrogens with one attached hydrogen (secondary N) is 2. The minimum absolute atomic E-state index is 0. The molecule has 3 heterocycles. The molecule has 2 saturated heterocycles. The first-order chi connectivity index (χ1) is 24.7. The highest BCUT2D eigenvalue weighted by atomic mass is 79.9. The SMILES string of the molecule is CC(=O)O.CC(C)(C)OC(=O)N1CCC[C@H]1C(=O)NCC(=O)c1ccc(Br)cc1.CC(C)(C)OC(=O)N1CCC[C@H]1c1ncc(-c2ccc(Br)cc2)[nH]1.N. The van der Waals surface area contributed by atoms with Crippen molar-refractivity contribution in [2.75, 3.05) is 19.6 Å². The van der Waals surface area contributed by atoms with Crippen LogP contribution in [0.3, 0.4) is 0 Å². The molecule has 1 aromatic heterocycles. The van der Waals surface area contributed by atoms with Crippen molar-refractivity contribution in [2.45, 2.75) is 97.4 Å². The molecule has 54 heavy (non-hydrogen) atoms. The second-order valence-corrected chi connectivity index (χ2v) is 16.4. The van der Waals surface area contributed by atoms with E-state index in [1.807, 2.05) is 51.2 Å². The lowest BCUT2D eigenvalue weighted by Crippen LogP contribution is -2.48. The molecule has 2 aromatic carbocycles. The van der Waals surface area contributed by atoms with Gasteiger partial charge in [0, 0.05) is 34.5 Å². The number of benzene rings is 2. The van der Waals surface area contributed by atoms with Crippen LogP contribution in [0.4, 0.5) is 9.59 Å². The second-order valence-electron chi connectivity index (χ2n) is 14.5. The monoisotopic (exact) mass is 878 g/mol. The zero-order valence-electron chi connectivity index (χ0n) is 31.9. The summed E-state index contributed by atoms with van der Waals surface area (Å²) in [6.07, 6.45) is 4.21. The number of hydrogen-bond acceptors (Lipinski definition) is 9. The molecule has 5 rings (SSSR count). The van der Waals surface area contributed by atoms with E-state index in [9.17, 15) is 19.2 Å². The Kier molecular flexibility index (Phi) is 17.3. The van der Waals surface area contributed by atoms with Crippen LogP contribution in [0.5, 0.6) is 0 Å². The van der Waals surface area contributed by atoms with E-state index in [1.165, 1.54) is 4.90 Å². The first-order valence-corrected chi connectivity index (χ1v) is 18.9. The van der Waals surface area contributed by atoms with Crippen molar-refractivity contribution in [3.8, 4) is 11.3 Å². The van der Waals surface area contributed by atoms with E-state index >= 15 is 0 Å². The molecule has 14 nitrogen and oxygen atoms in total. The molecular weight excluding hydrogens is 828 g/mol. The molecule has 296 valence electrons. The summed E-state index contributed by atoms with van der Waals surface area (Å²) in [5, 5.41) is 10.1. The van der Waals surface area contributed by atoms with E-state index in [0.717, 1.165) is 52.2 Å². The lowest BCUT2D eigenvalue weighted by molar-refractivity contribution is -0.134. The third-order valence-electron chi connectivity index (χ3n) is 7.72. The van der Waals surface area contributed by atoms with Crippen molar-refractivity contribution >= 4 is 61.7 Å². The van der Waals surface area contributed by atoms with Crippen molar-refractivity contribution in [2.24, 2.45) is 0 Å². The van der Waals surface area contributed by atoms with E-state index in [1.54, 1.807) is 49.9 Å². The van der Waals surface area contributed by atoms with Crippen molar-refractivity contribution in [1.29, 1.82) is 0 Å². The maximum absolute atomic E-state index is 12.4. The highest BCUT2D eigenvalue weighted by Crippen LogP contribution is 2.33. The fraction of sp³-hybridized carbons (Fsp3) is 0.474. The number of rotatable bonds is 6. The average molecular weight is 881 g/mol. The van der Waals surface area contributed by atoms with E-state index in [-0.39, 0.29) is 36.5 Å². The Morgan fingerprint density at radius 1 is 0.833 bits per heavy atom. The molecule has 2 aliphatic heterocycles. The normalized spacial score (nSPS) is 16.5. The molecule has 16 heteroatoms. The number of carboxylic acids is 1. The van der Waals surface area contributed by atoms with E-state index in [4.69, 9.17) is 19.4 Å². The number of aromatic amines is 1. The molecular formula is C38H52Br2N6O8. The number of nitrogens with zero attached hydrogens (tertiary/aromatic N) is 3. The average Bonchev–Trinajstić information content (AvgIpc) is 3.84. The Balaban J connectivity index is 0.000000334. The summed E-state index contributed by atoms with van der Waals surface area (Å²) >= 11 is 6.75. The number of carbonyl (C=O) groups is 5. The van der Waals surface area contributed by atoms with Gasteiger partial charge in [-0.2, -0.15) is 0 Å². The molecule has 2 atom stereocenters. The van der Waals surface area contributed by atoms with Gasteiger partial charge in [0.1, 0.15) is 23.1 Å². The molecule has 0 spiro atoms. The van der Waals surface area contributed by atoms with Gasteiger partial charge in [-0.25, -0.2) is 14.6 Å². The predicted molar refractivity (Wildman–Crippen MR) is 212 cm³/mol. The third kappa shape index (κ3) is 14.9. The highest BCUT2D eigenvalue weighted by molar-refractivity contribution is 9.10. The zero-order valence-corrected chi connectivity index (χ0v) is 35.1. The second kappa shape index (κ2) is 20.4. The first kappa shape index (κ1) is 45.9. The molecule has 0 saturated carbocycles. The topological polar surface area (TPSA) is 206 Å². The van der Waals surface area contributed by atoms with Gasteiger partial charge >= 0.3 is 12.2 Å². The van der Waals surface area contributed by atoms with Gasteiger partial charge in [0.25, 0.3) is 5.97 Å². The van der Waals surface area contributed by atoms with Crippen LogP contribution in [0.2, 0.25) is 0 Å². The van der Waals surface area contributed by atoms with Crippen molar-refractivity contribution < 1.29 is 38.6 Å². The van der Waals surface area contributed by atoms with Gasteiger partial charge < -0.3 is 31.0 Å². The number of carbonyl (C=O) groups excluding carboxylic acids is 4. The number of aromatic nitrogens is 2. The molecule has 3 amide bonds. The number of amides is 3. The summed E-state index contributed by atoms with van der Waals surface area (Å²) in [6, 6.07) is 14.4. The Morgan fingerprint density at radius 2 is 1.31 bits per heavy atom. The van der Waals surface area contributed by atoms with Crippen LogP contribution in [0.1, 0.15) is 96.4 Å². The van der Waals surface area contributed by atoms with Crippen LogP contribution in [0.25, 0.3) is 11.3 Å². The molecule has 6 N–H and O–H groups in total. The Hall–Kier alpha value is -4.28. The van der Waals surface area contributed by atoms with Crippen LogP contribution in [0.15, 0.2) is 63.7 Å². The van der Waals surface area contributed by atoms with Crippen LogP contribution in [0, 0.1) is 0 Å². The molecule has 2 aliphatic rings. The summed E-state index contributed by atoms with van der Waals surface area (Å²) < 4.78 is 12.8. The number of halogens is 2. The maximum Gasteiger partial charge on any atom is 0.410 e. The van der Waals surface area contributed by atoms with Gasteiger partial charge in [0.15, 0.2) is 5.78 Å². The Labute approximate surface area is 333 Å². The summed E-state index contributed by atoms with van der Waals surface area (Å²) in [6.45, 7) is 13.2. The number of Topliss-reactive ketones (excluding diaryl/α,β-unsaturated/α-hetero) is 1. The van der Waals surface area contributed by atoms with E-state index < -0.39 is 29.3 Å². The number of imidazole rings is 1. The number of aliphatic carboxylic acids is 1. The quantitative estimate of drug-likeness (QED) is 0.174. The summed E-state index contributed by atoms with van der Waals surface area (Å²) in [5.41, 5.74) is 1.44. The van der Waals surface area contributed by atoms with E-state index in [0.29, 0.717) is 25.1 Å². The number of ether oxygens (including phenoxy) is 2. The molecule has 0 radical (unpaired) electrons. The number of likely N-dealkylation sites (tertiary alicyclic amines) is 2. The summed E-state index contributed by atoms with van der Waals surface area (Å²) in [7, 11) is 0. The molecule has 2 fully saturated rings.